The minimum Gasteiger partial charge on any atom is -0.380 e. The fraction of sp³-hybridized carbons (Fsp3) is 0.636. The van der Waals surface area contributed by atoms with E-state index in [1.807, 2.05) is 13.2 Å². The first-order valence-electron chi connectivity index (χ1n) is 5.82. The van der Waals surface area contributed by atoms with Crippen LogP contribution in [0.25, 0.3) is 0 Å². The van der Waals surface area contributed by atoms with Crippen molar-refractivity contribution in [2.45, 2.75) is 32.1 Å². The van der Waals surface area contributed by atoms with E-state index in [0.29, 0.717) is 4.68 Å². The van der Waals surface area contributed by atoms with E-state index in [1.54, 1.807) is 11.8 Å². The fourth-order valence-corrected chi connectivity index (χ4v) is 2.27. The summed E-state index contributed by atoms with van der Waals surface area (Å²) in [6.45, 7) is 0.446. The second kappa shape index (κ2) is 7.21. The average Bonchev–Trinajstić information content (AvgIpc) is 2.34. The zero-order valence-corrected chi connectivity index (χ0v) is 12.6. The van der Waals surface area contributed by atoms with Gasteiger partial charge in [0.25, 0.3) is 5.56 Å². The van der Waals surface area contributed by atoms with Gasteiger partial charge < -0.3 is 5.32 Å². The molecule has 1 rings (SSSR count). The predicted molar refractivity (Wildman–Crippen MR) is 75.6 cm³/mol. The molecule has 9 heteroatoms. The molecule has 0 bridgehead atoms. The van der Waals surface area contributed by atoms with Crippen LogP contribution < -0.4 is 10.9 Å². The Balaban J connectivity index is 2.86. The molecule has 0 fully saturated rings. The van der Waals surface area contributed by atoms with E-state index in [2.05, 4.69) is 10.4 Å². The van der Waals surface area contributed by atoms with Crippen molar-refractivity contribution >= 4 is 29.1 Å². The molecule has 0 aliphatic rings. The van der Waals surface area contributed by atoms with E-state index in [9.17, 15) is 18.0 Å². The number of thioether (sulfide) groups is 1. The number of hydrogen-bond acceptors (Lipinski definition) is 4. The number of halogens is 4. The molecule has 1 heterocycles. The van der Waals surface area contributed by atoms with Crippen LogP contribution in [0.2, 0.25) is 5.02 Å². The summed E-state index contributed by atoms with van der Waals surface area (Å²) >= 11 is 7.47. The maximum atomic E-state index is 12.2. The number of alkyl halides is 3. The van der Waals surface area contributed by atoms with Crippen LogP contribution in [0.5, 0.6) is 0 Å². The summed E-state index contributed by atoms with van der Waals surface area (Å²) in [7, 11) is 0. The topological polar surface area (TPSA) is 46.9 Å². The van der Waals surface area contributed by atoms with Crippen LogP contribution in [0, 0.1) is 0 Å². The minimum absolute atomic E-state index is 0.0413. The lowest BCUT2D eigenvalue weighted by molar-refractivity contribution is -0.143. The van der Waals surface area contributed by atoms with Crippen LogP contribution in [-0.4, -0.2) is 34.0 Å². The highest BCUT2D eigenvalue weighted by Crippen LogP contribution is 2.20. The highest BCUT2D eigenvalue weighted by atomic mass is 35.5. The average molecular weight is 330 g/mol. The molecule has 0 saturated heterocycles. The van der Waals surface area contributed by atoms with Crippen molar-refractivity contribution in [3.63, 3.8) is 0 Å². The van der Waals surface area contributed by atoms with Gasteiger partial charge in [-0.3, -0.25) is 4.79 Å². The minimum atomic E-state index is -4.51. The molecular formula is C11H15ClF3N3OS. The second-order valence-corrected chi connectivity index (χ2v) is 5.64. The van der Waals surface area contributed by atoms with Gasteiger partial charge in [-0.05, 0) is 25.4 Å². The molecule has 4 nitrogen and oxygen atoms in total. The quantitative estimate of drug-likeness (QED) is 0.871. The van der Waals surface area contributed by atoms with Gasteiger partial charge in [0.15, 0.2) is 0 Å². The molecule has 1 atom stereocenters. The van der Waals surface area contributed by atoms with Crippen molar-refractivity contribution in [1.82, 2.24) is 9.78 Å². The third-order valence-electron chi connectivity index (χ3n) is 2.47. The first kappa shape index (κ1) is 17.2. The molecule has 20 heavy (non-hydrogen) atoms. The zero-order chi connectivity index (χ0) is 15.3. The molecule has 0 aromatic carbocycles. The lowest BCUT2D eigenvalue weighted by atomic mass is 10.2. The van der Waals surface area contributed by atoms with Crippen LogP contribution in [0.3, 0.4) is 0 Å². The maximum absolute atomic E-state index is 12.2. The Bertz CT molecular complexity index is 507. The van der Waals surface area contributed by atoms with Crippen molar-refractivity contribution in [2.75, 3.05) is 17.3 Å². The van der Waals surface area contributed by atoms with Crippen LogP contribution in [-0.2, 0) is 6.54 Å². The first-order chi connectivity index (χ1) is 9.24. The van der Waals surface area contributed by atoms with Crippen LogP contribution in [0.1, 0.15) is 13.3 Å². The molecule has 0 spiro atoms. The van der Waals surface area contributed by atoms with Gasteiger partial charge in [-0.1, -0.05) is 11.6 Å². The summed E-state index contributed by atoms with van der Waals surface area (Å²) in [5.41, 5.74) is -0.699. The zero-order valence-electron chi connectivity index (χ0n) is 11.0. The van der Waals surface area contributed by atoms with Crippen molar-refractivity contribution in [3.8, 4) is 0 Å². The number of rotatable bonds is 6. The van der Waals surface area contributed by atoms with Crippen molar-refractivity contribution in [1.29, 1.82) is 0 Å². The third-order valence-corrected chi connectivity index (χ3v) is 3.48. The molecule has 1 N–H and O–H groups in total. The third kappa shape index (κ3) is 5.24. The summed E-state index contributed by atoms with van der Waals surface area (Å²) in [4.78, 5) is 11.7. The van der Waals surface area contributed by atoms with Crippen molar-refractivity contribution in [2.24, 2.45) is 0 Å². The van der Waals surface area contributed by atoms with E-state index in [-0.39, 0.29) is 16.8 Å². The van der Waals surface area contributed by atoms with Gasteiger partial charge in [-0.15, -0.1) is 0 Å². The van der Waals surface area contributed by atoms with Gasteiger partial charge in [0.2, 0.25) is 0 Å². The Morgan fingerprint density at radius 2 is 2.20 bits per heavy atom. The molecule has 0 saturated carbocycles. The van der Waals surface area contributed by atoms with E-state index < -0.39 is 18.3 Å². The van der Waals surface area contributed by atoms with Crippen LogP contribution >= 0.6 is 23.4 Å². The Hall–Kier alpha value is -0.890. The van der Waals surface area contributed by atoms with Gasteiger partial charge in [-0.25, -0.2) is 4.68 Å². The van der Waals surface area contributed by atoms with Crippen LogP contribution in [0.15, 0.2) is 11.0 Å². The highest BCUT2D eigenvalue weighted by Gasteiger charge is 2.29. The van der Waals surface area contributed by atoms with Gasteiger partial charge in [0.05, 0.1) is 11.9 Å². The SMILES string of the molecule is CSCCC(C)Nc1cnn(CC(F)(F)F)c(=O)c1Cl. The summed E-state index contributed by atoms with van der Waals surface area (Å²) in [6, 6.07) is 0.0413. The monoisotopic (exact) mass is 329 g/mol. The Morgan fingerprint density at radius 3 is 2.75 bits per heavy atom. The number of nitrogens with zero attached hydrogens (tertiary/aromatic N) is 2. The van der Waals surface area contributed by atoms with Gasteiger partial charge in [0.1, 0.15) is 11.6 Å². The summed E-state index contributed by atoms with van der Waals surface area (Å²) in [6.07, 6.45) is -0.561. The molecule has 0 amide bonds. The van der Waals surface area contributed by atoms with E-state index in [1.165, 1.54) is 0 Å². The molecule has 0 aliphatic carbocycles. The van der Waals surface area contributed by atoms with E-state index >= 15 is 0 Å². The Labute approximate surface area is 123 Å². The van der Waals surface area contributed by atoms with Crippen LogP contribution in [0.4, 0.5) is 18.9 Å². The summed E-state index contributed by atoms with van der Waals surface area (Å²) in [5, 5.41) is 6.19. The molecule has 0 radical (unpaired) electrons. The molecular weight excluding hydrogens is 315 g/mol. The van der Waals surface area contributed by atoms with E-state index in [4.69, 9.17) is 11.6 Å². The number of hydrogen-bond donors (Lipinski definition) is 1. The number of nitrogens with one attached hydrogen (secondary N) is 1. The molecule has 114 valence electrons. The van der Waals surface area contributed by atoms with E-state index in [0.717, 1.165) is 18.4 Å². The van der Waals surface area contributed by atoms with Gasteiger partial charge in [0, 0.05) is 6.04 Å². The summed E-state index contributed by atoms with van der Waals surface area (Å²) in [5.74, 6) is 0.921. The molecule has 1 unspecified atom stereocenters. The standard InChI is InChI=1S/C11H15ClF3N3OS/c1-7(3-4-20-2)17-8-5-16-18(6-11(13,14)15)10(19)9(8)12/h5,7,17H,3-4,6H2,1-2H3. The normalized spacial score (nSPS) is 13.3. The van der Waals surface area contributed by atoms with Gasteiger partial charge in [-0.2, -0.15) is 30.0 Å². The first-order valence-corrected chi connectivity index (χ1v) is 7.59. The Morgan fingerprint density at radius 1 is 1.55 bits per heavy atom. The fourth-order valence-electron chi connectivity index (χ4n) is 1.48. The largest absolute Gasteiger partial charge is 0.408 e. The predicted octanol–water partition coefficient (Wildman–Crippen LogP) is 3.01. The highest BCUT2D eigenvalue weighted by molar-refractivity contribution is 7.98. The number of anilines is 1. The van der Waals surface area contributed by atoms with Crippen molar-refractivity contribution < 1.29 is 13.2 Å². The van der Waals surface area contributed by atoms with Gasteiger partial charge >= 0.3 is 6.18 Å². The lowest BCUT2D eigenvalue weighted by Gasteiger charge is -2.16. The smallest absolute Gasteiger partial charge is 0.380 e. The molecule has 1 aromatic rings. The number of aromatic nitrogens is 2. The molecule has 0 aliphatic heterocycles. The second-order valence-electron chi connectivity index (χ2n) is 4.28. The Kier molecular flexibility index (Phi) is 6.19. The summed E-state index contributed by atoms with van der Waals surface area (Å²) < 4.78 is 37.0. The maximum Gasteiger partial charge on any atom is 0.408 e. The lowest BCUT2D eigenvalue weighted by Crippen LogP contribution is -2.31. The van der Waals surface area contributed by atoms with Crippen molar-refractivity contribution in [3.05, 3.63) is 21.6 Å². The molecule has 1 aromatic heterocycles.